The van der Waals surface area contributed by atoms with Crippen LogP contribution < -0.4 is 10.1 Å². The molecule has 1 aliphatic rings. The number of methoxy groups -OCH3 is 1. The van der Waals surface area contributed by atoms with Crippen molar-refractivity contribution in [2.45, 2.75) is 91.5 Å². The molecule has 0 spiro atoms. The second-order valence-electron chi connectivity index (χ2n) is 12.8. The number of carbonyl (C=O) groups is 2. The van der Waals surface area contributed by atoms with Crippen molar-refractivity contribution in [2.24, 2.45) is 5.92 Å². The number of ether oxygens (including phenoxy) is 3. The molecule has 1 aromatic carbocycles. The average molecular weight is 569 g/mol. The monoisotopic (exact) mass is 568 g/mol. The Balaban J connectivity index is 1.63. The average Bonchev–Trinajstić information content (AvgIpc) is 2.87. The van der Waals surface area contributed by atoms with E-state index in [9.17, 15) is 9.59 Å². The Hall–Kier alpha value is -3.33. The minimum absolute atomic E-state index is 0.214. The number of piperidine rings is 1. The van der Waals surface area contributed by atoms with Crippen molar-refractivity contribution in [1.29, 1.82) is 0 Å². The maximum absolute atomic E-state index is 12.6. The minimum Gasteiger partial charge on any atom is -0.497 e. The molecular formula is C32H48N4O5. The summed E-state index contributed by atoms with van der Waals surface area (Å²) in [6.07, 6.45) is 3.42. The number of nitrogens with zero attached hydrogens (tertiary/aromatic N) is 3. The molecule has 41 heavy (non-hydrogen) atoms. The topological polar surface area (TPSA) is 93.2 Å². The van der Waals surface area contributed by atoms with E-state index < -0.39 is 17.3 Å². The fourth-order valence-corrected chi connectivity index (χ4v) is 4.87. The van der Waals surface area contributed by atoms with Gasteiger partial charge in [0.15, 0.2) is 0 Å². The summed E-state index contributed by atoms with van der Waals surface area (Å²) in [5.41, 5.74) is 0.974. The molecule has 2 aromatic rings. The van der Waals surface area contributed by atoms with Crippen LogP contribution in [0.5, 0.6) is 5.75 Å². The smallest absolute Gasteiger partial charge is 0.413 e. The maximum Gasteiger partial charge on any atom is 0.413 e. The van der Waals surface area contributed by atoms with Crippen LogP contribution in [0.15, 0.2) is 42.5 Å². The number of hydrogen-bond donors (Lipinski definition) is 1. The van der Waals surface area contributed by atoms with E-state index >= 15 is 0 Å². The lowest BCUT2D eigenvalue weighted by Crippen LogP contribution is -2.43. The van der Waals surface area contributed by atoms with E-state index in [1.54, 1.807) is 13.2 Å². The molecule has 2 heterocycles. The summed E-state index contributed by atoms with van der Waals surface area (Å²) in [4.78, 5) is 33.8. The Bertz CT molecular complexity index is 1120. The lowest BCUT2D eigenvalue weighted by atomic mass is 9.93. The summed E-state index contributed by atoms with van der Waals surface area (Å²) in [5.74, 6) is 1.75. The summed E-state index contributed by atoms with van der Waals surface area (Å²) in [6, 6.07) is 13.8. The van der Waals surface area contributed by atoms with Crippen molar-refractivity contribution < 1.29 is 23.8 Å². The number of likely N-dealkylation sites (tertiary alicyclic amines) is 1. The van der Waals surface area contributed by atoms with Gasteiger partial charge in [-0.2, -0.15) is 0 Å². The minimum atomic E-state index is -0.584. The van der Waals surface area contributed by atoms with Gasteiger partial charge in [0.1, 0.15) is 22.8 Å². The van der Waals surface area contributed by atoms with Gasteiger partial charge in [-0.05, 0) is 110 Å². The number of carbonyl (C=O) groups excluding carboxylic acids is 2. The number of aromatic nitrogens is 1. The van der Waals surface area contributed by atoms with Crippen LogP contribution in [-0.4, -0.2) is 64.9 Å². The molecule has 0 bridgehead atoms. The highest BCUT2D eigenvalue weighted by molar-refractivity contribution is 5.83. The van der Waals surface area contributed by atoms with Crippen molar-refractivity contribution in [2.75, 3.05) is 32.1 Å². The van der Waals surface area contributed by atoms with Gasteiger partial charge in [-0.1, -0.05) is 18.2 Å². The van der Waals surface area contributed by atoms with E-state index in [0.29, 0.717) is 18.3 Å². The highest BCUT2D eigenvalue weighted by Crippen LogP contribution is 2.24. The van der Waals surface area contributed by atoms with Crippen LogP contribution in [0, 0.1) is 5.92 Å². The van der Waals surface area contributed by atoms with Crippen LogP contribution in [0.4, 0.5) is 15.4 Å². The van der Waals surface area contributed by atoms with E-state index in [4.69, 9.17) is 14.2 Å². The highest BCUT2D eigenvalue weighted by Gasteiger charge is 2.27. The quantitative estimate of drug-likeness (QED) is 0.334. The molecule has 0 aliphatic carbocycles. The summed E-state index contributed by atoms with van der Waals surface area (Å²) in [6.45, 7) is 15.0. The van der Waals surface area contributed by atoms with Gasteiger partial charge >= 0.3 is 12.2 Å². The highest BCUT2D eigenvalue weighted by atomic mass is 16.6. The third kappa shape index (κ3) is 12.0. The molecule has 3 rings (SSSR count). The molecule has 9 nitrogen and oxygen atoms in total. The first-order chi connectivity index (χ1) is 19.3. The molecule has 9 heteroatoms. The van der Waals surface area contributed by atoms with Gasteiger partial charge in [0.05, 0.1) is 12.8 Å². The first kappa shape index (κ1) is 32.2. The van der Waals surface area contributed by atoms with E-state index in [-0.39, 0.29) is 6.09 Å². The van der Waals surface area contributed by atoms with Crippen LogP contribution in [0.25, 0.3) is 0 Å². The second-order valence-corrected chi connectivity index (χ2v) is 12.8. The molecule has 1 fully saturated rings. The fraction of sp³-hybridized carbons (Fsp3) is 0.594. The Kier molecular flexibility index (Phi) is 11.4. The molecule has 1 aromatic heterocycles. The lowest BCUT2D eigenvalue weighted by molar-refractivity contribution is 0.0159. The van der Waals surface area contributed by atoms with Crippen LogP contribution in [-0.2, 0) is 22.6 Å². The fourth-order valence-electron chi connectivity index (χ4n) is 4.87. The maximum atomic E-state index is 12.6. The van der Waals surface area contributed by atoms with Crippen molar-refractivity contribution in [3.8, 4) is 5.75 Å². The van der Waals surface area contributed by atoms with E-state index in [1.165, 1.54) is 5.56 Å². The molecule has 1 N–H and O–H groups in total. The first-order valence-corrected chi connectivity index (χ1v) is 14.6. The summed E-state index contributed by atoms with van der Waals surface area (Å²) in [7, 11) is 1.67. The summed E-state index contributed by atoms with van der Waals surface area (Å²) in [5, 5.41) is 2.74. The van der Waals surface area contributed by atoms with Gasteiger partial charge in [0.2, 0.25) is 0 Å². The predicted molar refractivity (Wildman–Crippen MR) is 161 cm³/mol. The van der Waals surface area contributed by atoms with Crippen molar-refractivity contribution in [3.63, 3.8) is 0 Å². The van der Waals surface area contributed by atoms with Crippen LogP contribution in [0.3, 0.4) is 0 Å². The van der Waals surface area contributed by atoms with Gasteiger partial charge in [0.25, 0.3) is 0 Å². The predicted octanol–water partition coefficient (Wildman–Crippen LogP) is 6.87. The lowest BCUT2D eigenvalue weighted by Gasteiger charge is -2.34. The normalized spacial score (nSPS) is 15.9. The number of benzene rings is 1. The van der Waals surface area contributed by atoms with Gasteiger partial charge in [-0.25, -0.2) is 14.6 Å². The summed E-state index contributed by atoms with van der Waals surface area (Å²) >= 11 is 0. The number of pyridine rings is 1. The largest absolute Gasteiger partial charge is 0.497 e. The van der Waals surface area contributed by atoms with Gasteiger partial charge in [-0.3, -0.25) is 10.2 Å². The van der Waals surface area contributed by atoms with Gasteiger partial charge < -0.3 is 19.1 Å². The number of rotatable bonds is 10. The van der Waals surface area contributed by atoms with Crippen molar-refractivity contribution in [3.05, 3.63) is 53.7 Å². The van der Waals surface area contributed by atoms with Crippen LogP contribution in [0.1, 0.15) is 78.5 Å². The van der Waals surface area contributed by atoms with Gasteiger partial charge in [-0.15, -0.1) is 0 Å². The molecule has 226 valence electrons. The zero-order valence-electron chi connectivity index (χ0n) is 25.9. The van der Waals surface area contributed by atoms with Crippen molar-refractivity contribution in [1.82, 2.24) is 14.8 Å². The molecule has 1 unspecified atom stereocenters. The molecule has 1 aliphatic heterocycles. The number of anilines is 1. The third-order valence-electron chi connectivity index (χ3n) is 6.64. The van der Waals surface area contributed by atoms with Crippen LogP contribution in [0.2, 0.25) is 0 Å². The Morgan fingerprint density at radius 2 is 1.71 bits per heavy atom. The zero-order valence-corrected chi connectivity index (χ0v) is 25.9. The number of amides is 2. The molecule has 0 radical (unpaired) electrons. The Morgan fingerprint density at radius 1 is 1.00 bits per heavy atom. The molecule has 1 saturated heterocycles. The molecule has 2 amide bonds. The van der Waals surface area contributed by atoms with Crippen LogP contribution >= 0.6 is 0 Å². The SMILES string of the molecule is COc1ccc(CN(CCCC2CCCN(C(=O)OC(C)(C)C)C2)Cc2cccc(NC(=O)OC(C)(C)C)n2)cc1. The number of nitrogens with one attached hydrogen (secondary N) is 1. The zero-order chi connectivity index (χ0) is 30.0. The summed E-state index contributed by atoms with van der Waals surface area (Å²) < 4.78 is 16.3. The van der Waals surface area contributed by atoms with E-state index in [1.807, 2.05) is 70.7 Å². The first-order valence-electron chi connectivity index (χ1n) is 14.6. The van der Waals surface area contributed by atoms with Gasteiger partial charge in [0, 0.05) is 26.2 Å². The standard InChI is InChI=1S/C32H48N4O5/c1-31(2,3)40-29(37)34-28-14-8-13-26(33-28)23-35(21-25-15-17-27(39-7)18-16-25)19-9-11-24-12-10-20-36(22-24)30(38)41-32(4,5)6/h8,13-18,24H,9-12,19-23H2,1-7H3,(H,33,34,37). The van der Waals surface area contributed by atoms with E-state index in [0.717, 1.165) is 63.3 Å². The third-order valence-corrected chi connectivity index (χ3v) is 6.64. The molecule has 1 atom stereocenters. The van der Waals surface area contributed by atoms with Crippen molar-refractivity contribution >= 4 is 18.0 Å². The van der Waals surface area contributed by atoms with E-state index in [2.05, 4.69) is 27.3 Å². The number of hydrogen-bond acceptors (Lipinski definition) is 7. The Labute approximate surface area is 245 Å². The molecule has 0 saturated carbocycles. The molecular weight excluding hydrogens is 520 g/mol. The Morgan fingerprint density at radius 3 is 2.37 bits per heavy atom. The second kappa shape index (κ2) is 14.5.